The van der Waals surface area contributed by atoms with Gasteiger partial charge in [-0.1, -0.05) is 29.5 Å². The molecule has 146 valence electrons. The number of nitrogen functional groups attached to an aromatic ring is 1. The molecule has 29 heavy (non-hydrogen) atoms. The van der Waals surface area contributed by atoms with Gasteiger partial charge in [-0.15, -0.1) is 0 Å². The highest BCUT2D eigenvalue weighted by Gasteiger charge is 2.18. The summed E-state index contributed by atoms with van der Waals surface area (Å²) < 4.78 is 1.77. The Morgan fingerprint density at radius 1 is 1.03 bits per heavy atom. The van der Waals surface area contributed by atoms with Gasteiger partial charge in [-0.3, -0.25) is 4.79 Å². The molecule has 1 aliphatic rings. The number of fused-ring (bicyclic) bond motifs is 1. The van der Waals surface area contributed by atoms with E-state index >= 15 is 0 Å². The first-order valence-electron chi connectivity index (χ1n) is 9.22. The predicted octanol–water partition coefficient (Wildman–Crippen LogP) is 1.27. The smallest absolute Gasteiger partial charge is 0.276 e. The summed E-state index contributed by atoms with van der Waals surface area (Å²) in [5.74, 6) is 1.03. The van der Waals surface area contributed by atoms with Crippen LogP contribution in [-0.2, 0) is 0 Å². The molecule has 0 amide bonds. The van der Waals surface area contributed by atoms with Gasteiger partial charge in [0.15, 0.2) is 0 Å². The molecular formula is C19H18N8OS. The van der Waals surface area contributed by atoms with Gasteiger partial charge < -0.3 is 16.0 Å². The Morgan fingerprint density at radius 2 is 1.79 bits per heavy atom. The highest BCUT2D eigenvalue weighted by molar-refractivity contribution is 7.19. The van der Waals surface area contributed by atoms with Crippen molar-refractivity contribution in [2.24, 2.45) is 0 Å². The van der Waals surface area contributed by atoms with E-state index in [1.807, 2.05) is 24.3 Å². The highest BCUT2D eigenvalue weighted by atomic mass is 32.1. The monoisotopic (exact) mass is 406 g/mol. The van der Waals surface area contributed by atoms with Crippen LogP contribution < -0.4 is 21.5 Å². The fourth-order valence-electron chi connectivity index (χ4n) is 3.36. The van der Waals surface area contributed by atoms with Crippen molar-refractivity contribution in [1.82, 2.24) is 29.9 Å². The Hall–Kier alpha value is -3.37. The van der Waals surface area contributed by atoms with E-state index in [2.05, 4.69) is 25.2 Å². The molecule has 9 nitrogen and oxygen atoms in total. The molecule has 1 aliphatic heterocycles. The summed E-state index contributed by atoms with van der Waals surface area (Å²) in [7, 11) is 0. The summed E-state index contributed by atoms with van der Waals surface area (Å²) in [5.41, 5.74) is 8.11. The van der Waals surface area contributed by atoms with Crippen molar-refractivity contribution in [3.05, 3.63) is 53.1 Å². The molecule has 0 spiro atoms. The number of nitrogens with one attached hydrogen (secondary N) is 1. The first-order chi connectivity index (χ1) is 14.2. The van der Waals surface area contributed by atoms with Gasteiger partial charge in [-0.2, -0.15) is 14.6 Å². The lowest BCUT2D eigenvalue weighted by molar-refractivity contribution is 0.579. The third kappa shape index (κ3) is 3.43. The molecule has 3 N–H and O–H groups in total. The zero-order valence-corrected chi connectivity index (χ0v) is 16.3. The summed E-state index contributed by atoms with van der Waals surface area (Å²) in [4.78, 5) is 27.2. The number of aromatic nitrogens is 5. The van der Waals surface area contributed by atoms with Crippen LogP contribution in [0.3, 0.4) is 0 Å². The number of nitrogens with two attached hydrogens (primary N) is 1. The van der Waals surface area contributed by atoms with Crippen molar-refractivity contribution in [3.8, 4) is 21.7 Å². The molecule has 3 aromatic heterocycles. The molecule has 0 aliphatic carbocycles. The van der Waals surface area contributed by atoms with Gasteiger partial charge in [0.2, 0.25) is 10.9 Å². The molecule has 0 radical (unpaired) electrons. The maximum atomic E-state index is 12.1. The Bertz CT molecular complexity index is 1230. The fourth-order valence-corrected chi connectivity index (χ4v) is 4.25. The SMILES string of the molecule is Nc1ncc(-c2cccc(-c3nn4c(N5CCNCC5)cc(=O)nc4s3)c2)cn1. The average Bonchev–Trinajstić information content (AvgIpc) is 3.18. The van der Waals surface area contributed by atoms with Crippen molar-refractivity contribution in [3.63, 3.8) is 0 Å². The van der Waals surface area contributed by atoms with E-state index in [0.717, 1.165) is 53.7 Å². The van der Waals surface area contributed by atoms with Crippen LogP contribution in [0.5, 0.6) is 0 Å². The summed E-state index contributed by atoms with van der Waals surface area (Å²) in [5, 5.41) is 8.88. The zero-order valence-electron chi connectivity index (χ0n) is 15.4. The molecule has 4 aromatic rings. The number of hydrogen-bond donors (Lipinski definition) is 2. The molecule has 4 heterocycles. The maximum Gasteiger partial charge on any atom is 0.276 e. The van der Waals surface area contributed by atoms with E-state index in [0.29, 0.717) is 4.96 Å². The van der Waals surface area contributed by atoms with Crippen LogP contribution in [-0.4, -0.2) is 50.7 Å². The van der Waals surface area contributed by atoms with Gasteiger partial charge >= 0.3 is 0 Å². The Balaban J connectivity index is 1.58. The second kappa shape index (κ2) is 7.22. The fraction of sp³-hybridized carbons (Fsp3) is 0.211. The third-order valence-electron chi connectivity index (χ3n) is 4.79. The number of rotatable bonds is 3. The maximum absolute atomic E-state index is 12.1. The van der Waals surface area contributed by atoms with Gasteiger partial charge in [0.25, 0.3) is 5.56 Å². The number of nitrogens with zero attached hydrogens (tertiary/aromatic N) is 6. The second-order valence-corrected chi connectivity index (χ2v) is 7.66. The normalized spacial score (nSPS) is 14.4. The minimum atomic E-state index is -0.249. The molecule has 1 saturated heterocycles. The van der Waals surface area contributed by atoms with E-state index in [1.165, 1.54) is 11.3 Å². The number of hydrogen-bond acceptors (Lipinski definition) is 9. The average molecular weight is 406 g/mol. The van der Waals surface area contributed by atoms with Crippen molar-refractivity contribution < 1.29 is 0 Å². The lowest BCUT2D eigenvalue weighted by atomic mass is 10.1. The Labute approximate surface area is 169 Å². The highest BCUT2D eigenvalue weighted by Crippen LogP contribution is 2.30. The molecular weight excluding hydrogens is 388 g/mol. The van der Waals surface area contributed by atoms with Crippen LogP contribution in [0.1, 0.15) is 0 Å². The summed E-state index contributed by atoms with van der Waals surface area (Å²) in [6, 6.07) is 9.52. The third-order valence-corrected chi connectivity index (χ3v) is 5.75. The summed E-state index contributed by atoms with van der Waals surface area (Å²) in [6.45, 7) is 3.40. The van der Waals surface area contributed by atoms with Crippen molar-refractivity contribution >= 4 is 28.1 Å². The van der Waals surface area contributed by atoms with Crippen LogP contribution in [0, 0.1) is 0 Å². The van der Waals surface area contributed by atoms with E-state index in [4.69, 9.17) is 10.8 Å². The lowest BCUT2D eigenvalue weighted by Crippen LogP contribution is -2.44. The van der Waals surface area contributed by atoms with Crippen LogP contribution in [0.25, 0.3) is 26.7 Å². The van der Waals surface area contributed by atoms with Crippen molar-refractivity contribution in [2.45, 2.75) is 0 Å². The summed E-state index contributed by atoms with van der Waals surface area (Å²) >= 11 is 1.40. The molecule has 1 fully saturated rings. The minimum Gasteiger partial charge on any atom is -0.368 e. The first kappa shape index (κ1) is 17.7. The van der Waals surface area contributed by atoms with Gasteiger partial charge in [0, 0.05) is 55.8 Å². The lowest BCUT2D eigenvalue weighted by Gasteiger charge is -2.28. The quantitative estimate of drug-likeness (QED) is 0.523. The van der Waals surface area contributed by atoms with Gasteiger partial charge in [0.05, 0.1) is 0 Å². The van der Waals surface area contributed by atoms with Gasteiger partial charge in [-0.25, -0.2) is 9.97 Å². The van der Waals surface area contributed by atoms with Gasteiger partial charge in [0.1, 0.15) is 10.8 Å². The largest absolute Gasteiger partial charge is 0.368 e. The van der Waals surface area contributed by atoms with Crippen LogP contribution in [0.4, 0.5) is 11.8 Å². The predicted molar refractivity (Wildman–Crippen MR) is 113 cm³/mol. The number of anilines is 2. The van der Waals surface area contributed by atoms with E-state index in [-0.39, 0.29) is 11.5 Å². The van der Waals surface area contributed by atoms with Crippen LogP contribution in [0.2, 0.25) is 0 Å². The van der Waals surface area contributed by atoms with Crippen LogP contribution >= 0.6 is 11.3 Å². The van der Waals surface area contributed by atoms with E-state index in [9.17, 15) is 4.79 Å². The Kier molecular flexibility index (Phi) is 4.41. The minimum absolute atomic E-state index is 0.243. The van der Waals surface area contributed by atoms with Crippen LogP contribution in [0.15, 0.2) is 47.5 Å². The molecule has 0 unspecified atom stereocenters. The molecule has 1 aromatic carbocycles. The number of piperazine rings is 1. The first-order valence-corrected chi connectivity index (χ1v) is 10.0. The van der Waals surface area contributed by atoms with Crippen molar-refractivity contribution in [1.29, 1.82) is 0 Å². The molecule has 10 heteroatoms. The van der Waals surface area contributed by atoms with Crippen molar-refractivity contribution in [2.75, 3.05) is 36.8 Å². The summed E-state index contributed by atoms with van der Waals surface area (Å²) in [6.07, 6.45) is 3.39. The molecule has 0 bridgehead atoms. The van der Waals surface area contributed by atoms with E-state index in [1.54, 1.807) is 23.0 Å². The van der Waals surface area contributed by atoms with E-state index < -0.39 is 0 Å². The molecule has 0 saturated carbocycles. The zero-order chi connectivity index (χ0) is 19.8. The molecule has 0 atom stereocenters. The molecule has 5 rings (SSSR count). The number of benzene rings is 1. The topological polar surface area (TPSA) is 114 Å². The Morgan fingerprint density at radius 3 is 2.59 bits per heavy atom. The standard InChI is InChI=1S/C19H18N8OS/c20-18-22-10-14(11-23-18)12-2-1-3-13(8-12)17-25-27-16(26-6-4-21-5-7-26)9-15(28)24-19(27)29-17/h1-3,8-11,21H,4-7H2,(H2,20,22,23). The second-order valence-electron chi connectivity index (χ2n) is 6.70. The van der Waals surface area contributed by atoms with Gasteiger partial charge in [-0.05, 0) is 11.6 Å².